The van der Waals surface area contributed by atoms with Crippen LogP contribution in [0.3, 0.4) is 0 Å². The van der Waals surface area contributed by atoms with Gasteiger partial charge in [0.1, 0.15) is 4.88 Å². The molecule has 1 amide bonds. The monoisotopic (exact) mass is 221 g/mol. The number of aliphatic imine (C=N–C) groups is 1. The van der Waals surface area contributed by atoms with Gasteiger partial charge in [0, 0.05) is 18.2 Å². The summed E-state index contributed by atoms with van der Waals surface area (Å²) in [4.78, 5) is 25.4. The first kappa shape index (κ1) is 9.79. The maximum Gasteiger partial charge on any atom is 0.345 e. The minimum Gasteiger partial charge on any atom is -0.477 e. The van der Waals surface area contributed by atoms with Crippen LogP contribution in [0.25, 0.3) is 0 Å². The third kappa shape index (κ3) is 2.02. The van der Waals surface area contributed by atoms with E-state index in [0.717, 1.165) is 5.56 Å². The lowest BCUT2D eigenvalue weighted by Gasteiger charge is -2.06. The molecule has 1 unspecified atom stereocenters. The number of carboxylic acids is 1. The van der Waals surface area contributed by atoms with Crippen molar-refractivity contribution in [1.29, 1.82) is 0 Å². The topological polar surface area (TPSA) is 66.7 Å². The molecule has 15 heavy (non-hydrogen) atoms. The number of aromatic carboxylic acids is 1. The minimum absolute atomic E-state index is 0.0907. The fourth-order valence-corrected chi connectivity index (χ4v) is 2.06. The van der Waals surface area contributed by atoms with E-state index in [-0.39, 0.29) is 11.8 Å². The van der Waals surface area contributed by atoms with E-state index in [0.29, 0.717) is 4.88 Å². The van der Waals surface area contributed by atoms with Crippen molar-refractivity contribution in [2.45, 2.75) is 5.92 Å². The molecular weight excluding hydrogens is 214 g/mol. The van der Waals surface area contributed by atoms with Crippen molar-refractivity contribution < 1.29 is 14.7 Å². The zero-order chi connectivity index (χ0) is 10.8. The van der Waals surface area contributed by atoms with Gasteiger partial charge in [-0.1, -0.05) is 6.08 Å². The van der Waals surface area contributed by atoms with Crippen molar-refractivity contribution in [1.82, 2.24) is 0 Å². The fourth-order valence-electron chi connectivity index (χ4n) is 1.27. The van der Waals surface area contributed by atoms with Gasteiger partial charge in [-0.05, 0) is 17.0 Å². The zero-order valence-corrected chi connectivity index (χ0v) is 8.40. The van der Waals surface area contributed by atoms with Crippen LogP contribution in [0.4, 0.5) is 0 Å². The molecule has 1 N–H and O–H groups in total. The van der Waals surface area contributed by atoms with Gasteiger partial charge in [-0.3, -0.25) is 4.79 Å². The zero-order valence-electron chi connectivity index (χ0n) is 7.58. The third-order valence-electron chi connectivity index (χ3n) is 2.02. The van der Waals surface area contributed by atoms with E-state index in [4.69, 9.17) is 5.11 Å². The summed E-state index contributed by atoms with van der Waals surface area (Å²) in [6.07, 6.45) is 4.63. The number of thiophene rings is 1. The summed E-state index contributed by atoms with van der Waals surface area (Å²) >= 11 is 1.17. The van der Waals surface area contributed by atoms with Gasteiger partial charge in [-0.25, -0.2) is 9.79 Å². The number of amides is 1. The predicted molar refractivity (Wildman–Crippen MR) is 56.7 cm³/mol. The molecule has 1 aliphatic rings. The Labute approximate surface area is 89.6 Å². The van der Waals surface area contributed by atoms with E-state index >= 15 is 0 Å². The first-order valence-corrected chi connectivity index (χ1v) is 5.13. The van der Waals surface area contributed by atoms with Gasteiger partial charge >= 0.3 is 5.97 Å². The average Bonchev–Trinajstić information content (AvgIpc) is 2.68. The summed E-state index contributed by atoms with van der Waals surface area (Å²) in [5.74, 6) is -1.30. The molecule has 1 aromatic heterocycles. The molecule has 1 aliphatic heterocycles. The number of dihydropyridines is 1. The van der Waals surface area contributed by atoms with Crippen LogP contribution in [0.2, 0.25) is 0 Å². The minimum atomic E-state index is -0.931. The van der Waals surface area contributed by atoms with E-state index in [9.17, 15) is 9.59 Å². The van der Waals surface area contributed by atoms with Crippen molar-refractivity contribution in [3.63, 3.8) is 0 Å². The Morgan fingerprint density at radius 2 is 2.33 bits per heavy atom. The fraction of sp³-hybridized carbons (Fsp3) is 0.100. The second kappa shape index (κ2) is 3.78. The number of carbonyl (C=O) groups excluding carboxylic acids is 1. The quantitative estimate of drug-likeness (QED) is 0.826. The lowest BCUT2D eigenvalue weighted by Crippen LogP contribution is -2.03. The van der Waals surface area contributed by atoms with Crippen molar-refractivity contribution in [2.75, 3.05) is 0 Å². The van der Waals surface area contributed by atoms with Gasteiger partial charge in [0.2, 0.25) is 0 Å². The van der Waals surface area contributed by atoms with Crippen LogP contribution in [-0.2, 0) is 4.79 Å². The van der Waals surface area contributed by atoms with Gasteiger partial charge in [0.25, 0.3) is 5.91 Å². The maximum atomic E-state index is 10.8. The number of carbonyl (C=O) groups is 2. The molecule has 0 aromatic carbocycles. The molecule has 0 radical (unpaired) electrons. The van der Waals surface area contributed by atoms with Crippen LogP contribution in [0.15, 0.2) is 28.6 Å². The first-order chi connectivity index (χ1) is 7.16. The second-order valence-corrected chi connectivity index (χ2v) is 3.96. The van der Waals surface area contributed by atoms with E-state index in [1.54, 1.807) is 17.5 Å². The second-order valence-electron chi connectivity index (χ2n) is 3.05. The molecule has 0 bridgehead atoms. The SMILES string of the molecule is O=C1C=CC(c2csc(C(=O)O)c2)C=N1. The van der Waals surface area contributed by atoms with Crippen molar-refractivity contribution in [3.8, 4) is 0 Å². The normalized spacial score (nSPS) is 19.5. The highest BCUT2D eigenvalue weighted by atomic mass is 32.1. The maximum absolute atomic E-state index is 10.8. The molecule has 1 aromatic rings. The largest absolute Gasteiger partial charge is 0.477 e. The summed E-state index contributed by atoms with van der Waals surface area (Å²) in [5.41, 5.74) is 0.852. The molecule has 0 spiro atoms. The van der Waals surface area contributed by atoms with Crippen LogP contribution in [0.1, 0.15) is 21.2 Å². The van der Waals surface area contributed by atoms with Gasteiger partial charge < -0.3 is 5.11 Å². The molecular formula is C10H7NO3S. The lowest BCUT2D eigenvalue weighted by atomic mass is 10.0. The molecule has 0 aliphatic carbocycles. The highest BCUT2D eigenvalue weighted by Crippen LogP contribution is 2.24. The number of nitrogens with zero attached hydrogens (tertiary/aromatic N) is 1. The van der Waals surface area contributed by atoms with Gasteiger partial charge in [-0.2, -0.15) is 0 Å². The highest BCUT2D eigenvalue weighted by Gasteiger charge is 2.14. The van der Waals surface area contributed by atoms with Gasteiger partial charge in [-0.15, -0.1) is 11.3 Å². The average molecular weight is 221 g/mol. The van der Waals surface area contributed by atoms with Crippen LogP contribution >= 0.6 is 11.3 Å². The molecule has 4 nitrogen and oxygen atoms in total. The summed E-state index contributed by atoms with van der Waals surface area (Å²) in [5, 5.41) is 10.5. The van der Waals surface area contributed by atoms with Crippen molar-refractivity contribution in [2.24, 2.45) is 4.99 Å². The summed E-state index contributed by atoms with van der Waals surface area (Å²) in [6, 6.07) is 1.60. The highest BCUT2D eigenvalue weighted by molar-refractivity contribution is 7.12. The van der Waals surface area contributed by atoms with Crippen LogP contribution in [0, 0.1) is 0 Å². The Morgan fingerprint density at radius 3 is 2.87 bits per heavy atom. The van der Waals surface area contributed by atoms with Gasteiger partial charge in [0.15, 0.2) is 0 Å². The Morgan fingerprint density at radius 1 is 1.53 bits per heavy atom. The standard InChI is InChI=1S/C10H7NO3S/c12-9-2-1-6(4-11-9)7-3-8(10(13)14)15-5-7/h1-6H,(H,13,14). The van der Waals surface area contributed by atoms with E-state index in [2.05, 4.69) is 4.99 Å². The van der Waals surface area contributed by atoms with Crippen molar-refractivity contribution >= 4 is 29.4 Å². The molecule has 76 valence electrons. The number of hydrogen-bond acceptors (Lipinski definition) is 3. The molecule has 5 heteroatoms. The first-order valence-electron chi connectivity index (χ1n) is 4.25. The predicted octanol–water partition coefficient (Wildman–Crippen LogP) is 1.70. The summed E-state index contributed by atoms with van der Waals surface area (Å²) in [7, 11) is 0. The van der Waals surface area contributed by atoms with Crippen molar-refractivity contribution in [3.05, 3.63) is 34.0 Å². The smallest absolute Gasteiger partial charge is 0.345 e. The van der Waals surface area contributed by atoms with Crippen LogP contribution in [0.5, 0.6) is 0 Å². The number of allylic oxidation sites excluding steroid dienone is 1. The Bertz CT molecular complexity index is 457. The number of carboxylic acid groups (broad SMARTS) is 1. The van der Waals surface area contributed by atoms with Crippen LogP contribution in [-0.4, -0.2) is 23.2 Å². The Balaban J connectivity index is 2.24. The molecule has 2 rings (SSSR count). The van der Waals surface area contributed by atoms with Crippen LogP contribution < -0.4 is 0 Å². The Hall–Kier alpha value is -1.75. The van der Waals surface area contributed by atoms with E-state index < -0.39 is 5.97 Å². The van der Waals surface area contributed by atoms with E-state index in [1.807, 2.05) is 0 Å². The number of hydrogen-bond donors (Lipinski definition) is 1. The molecule has 1 atom stereocenters. The summed E-state index contributed by atoms with van der Waals surface area (Å²) in [6.45, 7) is 0. The third-order valence-corrected chi connectivity index (χ3v) is 2.96. The van der Waals surface area contributed by atoms with E-state index in [1.165, 1.54) is 23.6 Å². The molecule has 0 fully saturated rings. The molecule has 0 saturated carbocycles. The summed E-state index contributed by atoms with van der Waals surface area (Å²) < 4.78 is 0. The van der Waals surface area contributed by atoms with Gasteiger partial charge in [0.05, 0.1) is 0 Å². The lowest BCUT2D eigenvalue weighted by molar-refractivity contribution is -0.113. The Kier molecular flexibility index (Phi) is 2.47. The number of rotatable bonds is 2. The molecule has 0 saturated heterocycles. The molecule has 2 heterocycles.